The van der Waals surface area contributed by atoms with Crippen molar-refractivity contribution in [1.29, 1.82) is 0 Å². The van der Waals surface area contributed by atoms with Crippen molar-refractivity contribution in [2.75, 3.05) is 0 Å². The van der Waals surface area contributed by atoms with Crippen LogP contribution in [0, 0.1) is 17.8 Å². The normalized spacial score (nSPS) is 38.1. The summed E-state index contributed by atoms with van der Waals surface area (Å²) in [4.78, 5) is 11.8. The van der Waals surface area contributed by atoms with Crippen LogP contribution in [-0.4, -0.2) is 5.78 Å². The Morgan fingerprint density at radius 1 is 1.21 bits per heavy atom. The Morgan fingerprint density at radius 2 is 2.00 bits per heavy atom. The molecule has 2 saturated carbocycles. The summed E-state index contributed by atoms with van der Waals surface area (Å²) in [6, 6.07) is 0. The fourth-order valence-electron chi connectivity index (χ4n) is 3.56. The summed E-state index contributed by atoms with van der Waals surface area (Å²) in [6.07, 6.45) is 9.93. The Hall–Kier alpha value is -0.330. The van der Waals surface area contributed by atoms with E-state index in [0.717, 1.165) is 24.7 Å². The van der Waals surface area contributed by atoms with E-state index in [1.165, 1.54) is 38.5 Å². The zero-order valence-electron chi connectivity index (χ0n) is 9.30. The molecule has 0 aromatic heterocycles. The minimum Gasteiger partial charge on any atom is -0.299 e. The van der Waals surface area contributed by atoms with Gasteiger partial charge in [-0.3, -0.25) is 4.79 Å². The molecule has 0 saturated heterocycles. The highest BCUT2D eigenvalue weighted by atomic mass is 16.1. The van der Waals surface area contributed by atoms with Gasteiger partial charge in [-0.05, 0) is 31.1 Å². The molecule has 0 N–H and O–H groups in total. The van der Waals surface area contributed by atoms with Crippen LogP contribution in [0.2, 0.25) is 0 Å². The van der Waals surface area contributed by atoms with Crippen molar-refractivity contribution < 1.29 is 4.79 Å². The molecule has 1 heteroatoms. The van der Waals surface area contributed by atoms with Gasteiger partial charge in [-0.15, -0.1) is 0 Å². The van der Waals surface area contributed by atoms with Crippen LogP contribution < -0.4 is 0 Å². The van der Waals surface area contributed by atoms with Crippen LogP contribution in [0.15, 0.2) is 0 Å². The van der Waals surface area contributed by atoms with E-state index in [0.29, 0.717) is 11.7 Å². The van der Waals surface area contributed by atoms with E-state index in [2.05, 4.69) is 6.92 Å². The van der Waals surface area contributed by atoms with E-state index in [-0.39, 0.29) is 0 Å². The maximum atomic E-state index is 11.8. The standard InChI is InChI=1S/C13H22O/c1-2-5-12-11-7-4-3-6-10(11)8-9-13(12)14/h10-12H,2-9H2,1H3. The van der Waals surface area contributed by atoms with E-state index in [9.17, 15) is 4.79 Å². The molecule has 3 unspecified atom stereocenters. The van der Waals surface area contributed by atoms with Crippen molar-refractivity contribution >= 4 is 5.78 Å². The fraction of sp³-hybridized carbons (Fsp3) is 0.923. The smallest absolute Gasteiger partial charge is 0.136 e. The number of ketones is 1. The predicted octanol–water partition coefficient (Wildman–Crippen LogP) is 3.57. The Morgan fingerprint density at radius 3 is 2.79 bits per heavy atom. The lowest BCUT2D eigenvalue weighted by atomic mass is 9.64. The van der Waals surface area contributed by atoms with Crippen molar-refractivity contribution in [3.63, 3.8) is 0 Å². The van der Waals surface area contributed by atoms with Gasteiger partial charge in [-0.2, -0.15) is 0 Å². The largest absolute Gasteiger partial charge is 0.299 e. The molecular formula is C13H22O. The molecule has 3 atom stereocenters. The van der Waals surface area contributed by atoms with Gasteiger partial charge in [0.05, 0.1) is 0 Å². The summed E-state index contributed by atoms with van der Waals surface area (Å²) in [5.74, 6) is 2.69. The summed E-state index contributed by atoms with van der Waals surface area (Å²) in [6.45, 7) is 2.21. The predicted molar refractivity (Wildman–Crippen MR) is 58.1 cm³/mol. The number of fused-ring (bicyclic) bond motifs is 1. The monoisotopic (exact) mass is 194 g/mol. The SMILES string of the molecule is CCCC1C(=O)CCC2CCCCC21. The zero-order valence-corrected chi connectivity index (χ0v) is 9.30. The van der Waals surface area contributed by atoms with Crippen LogP contribution >= 0.6 is 0 Å². The minimum absolute atomic E-state index is 0.444. The molecule has 0 aromatic rings. The Kier molecular flexibility index (Phi) is 3.25. The topological polar surface area (TPSA) is 17.1 Å². The summed E-state index contributed by atoms with van der Waals surface area (Å²) in [5, 5.41) is 0. The highest BCUT2D eigenvalue weighted by Crippen LogP contribution is 2.43. The van der Waals surface area contributed by atoms with E-state index in [1.807, 2.05) is 0 Å². The average Bonchev–Trinajstić information content (AvgIpc) is 2.23. The first-order valence-corrected chi connectivity index (χ1v) is 6.35. The molecule has 14 heavy (non-hydrogen) atoms. The highest BCUT2D eigenvalue weighted by molar-refractivity contribution is 5.82. The maximum absolute atomic E-state index is 11.8. The minimum atomic E-state index is 0.444. The number of carbonyl (C=O) groups excluding carboxylic acids is 1. The van der Waals surface area contributed by atoms with Crippen molar-refractivity contribution in [3.8, 4) is 0 Å². The van der Waals surface area contributed by atoms with Crippen LogP contribution in [0.4, 0.5) is 0 Å². The van der Waals surface area contributed by atoms with Gasteiger partial charge in [-0.1, -0.05) is 32.6 Å². The third-order valence-electron chi connectivity index (χ3n) is 4.26. The second kappa shape index (κ2) is 4.46. The molecular weight excluding hydrogens is 172 g/mol. The summed E-state index contributed by atoms with van der Waals surface area (Å²) in [7, 11) is 0. The van der Waals surface area contributed by atoms with Crippen LogP contribution in [-0.2, 0) is 4.79 Å². The molecule has 1 nitrogen and oxygen atoms in total. The molecule has 80 valence electrons. The quantitative estimate of drug-likeness (QED) is 0.656. The van der Waals surface area contributed by atoms with E-state index >= 15 is 0 Å². The lowest BCUT2D eigenvalue weighted by molar-refractivity contribution is -0.129. The van der Waals surface area contributed by atoms with Gasteiger partial charge in [-0.25, -0.2) is 0 Å². The molecule has 0 heterocycles. The first-order chi connectivity index (χ1) is 6.83. The lowest BCUT2D eigenvalue weighted by Crippen LogP contribution is -2.36. The summed E-state index contributed by atoms with van der Waals surface area (Å²) in [5.41, 5.74) is 0. The molecule has 2 aliphatic rings. The van der Waals surface area contributed by atoms with E-state index in [1.54, 1.807) is 0 Å². The van der Waals surface area contributed by atoms with Crippen LogP contribution in [0.3, 0.4) is 0 Å². The van der Waals surface area contributed by atoms with Gasteiger partial charge in [0.15, 0.2) is 0 Å². The zero-order chi connectivity index (χ0) is 9.97. The van der Waals surface area contributed by atoms with Crippen molar-refractivity contribution in [3.05, 3.63) is 0 Å². The number of Topliss-reactive ketones (excluding diaryl/α,β-unsaturated/α-hetero) is 1. The van der Waals surface area contributed by atoms with E-state index < -0.39 is 0 Å². The number of rotatable bonds is 2. The lowest BCUT2D eigenvalue weighted by Gasteiger charge is -2.40. The number of hydrogen-bond acceptors (Lipinski definition) is 1. The van der Waals surface area contributed by atoms with Crippen molar-refractivity contribution in [2.24, 2.45) is 17.8 Å². The third kappa shape index (κ3) is 1.87. The van der Waals surface area contributed by atoms with Gasteiger partial charge in [0.1, 0.15) is 5.78 Å². The van der Waals surface area contributed by atoms with E-state index in [4.69, 9.17) is 0 Å². The number of carbonyl (C=O) groups is 1. The Bertz CT molecular complexity index is 209. The van der Waals surface area contributed by atoms with Gasteiger partial charge in [0.25, 0.3) is 0 Å². The first kappa shape index (κ1) is 10.2. The average molecular weight is 194 g/mol. The third-order valence-corrected chi connectivity index (χ3v) is 4.26. The second-order valence-corrected chi connectivity index (χ2v) is 5.11. The van der Waals surface area contributed by atoms with Crippen molar-refractivity contribution in [1.82, 2.24) is 0 Å². The van der Waals surface area contributed by atoms with Crippen LogP contribution in [0.25, 0.3) is 0 Å². The van der Waals surface area contributed by atoms with Crippen LogP contribution in [0.5, 0.6) is 0 Å². The summed E-state index contributed by atoms with van der Waals surface area (Å²) >= 11 is 0. The van der Waals surface area contributed by atoms with Gasteiger partial charge in [0.2, 0.25) is 0 Å². The van der Waals surface area contributed by atoms with Gasteiger partial charge < -0.3 is 0 Å². The molecule has 0 radical (unpaired) electrons. The maximum Gasteiger partial charge on any atom is 0.136 e. The highest BCUT2D eigenvalue weighted by Gasteiger charge is 2.38. The molecule has 2 aliphatic carbocycles. The number of hydrogen-bond donors (Lipinski definition) is 0. The summed E-state index contributed by atoms with van der Waals surface area (Å²) < 4.78 is 0. The molecule has 0 bridgehead atoms. The second-order valence-electron chi connectivity index (χ2n) is 5.11. The van der Waals surface area contributed by atoms with Gasteiger partial charge >= 0.3 is 0 Å². The molecule has 0 aliphatic heterocycles. The Balaban J connectivity index is 2.05. The van der Waals surface area contributed by atoms with Crippen molar-refractivity contribution in [2.45, 2.75) is 58.3 Å². The van der Waals surface area contributed by atoms with Crippen LogP contribution in [0.1, 0.15) is 58.3 Å². The fourth-order valence-corrected chi connectivity index (χ4v) is 3.56. The molecule has 2 rings (SSSR count). The molecule has 0 spiro atoms. The molecule has 0 amide bonds. The molecule has 0 aromatic carbocycles. The molecule has 2 fully saturated rings. The van der Waals surface area contributed by atoms with Gasteiger partial charge in [0, 0.05) is 12.3 Å². The first-order valence-electron chi connectivity index (χ1n) is 6.35. The Labute approximate surface area is 87.3 Å².